The van der Waals surface area contributed by atoms with Crippen LogP contribution in [0.3, 0.4) is 0 Å². The van der Waals surface area contributed by atoms with Gasteiger partial charge in [0.05, 0.1) is 4.90 Å². The Morgan fingerprint density at radius 2 is 1.36 bits per heavy atom. The molecule has 2 fully saturated rings. The summed E-state index contributed by atoms with van der Waals surface area (Å²) < 4.78 is 31.8. The number of ether oxygens (including phenoxy) is 1. The van der Waals surface area contributed by atoms with E-state index in [4.69, 9.17) is 4.74 Å². The molecule has 10 heteroatoms. The third-order valence-corrected chi connectivity index (χ3v) is 9.22. The van der Waals surface area contributed by atoms with Gasteiger partial charge in [-0.05, 0) is 62.6 Å². The first-order chi connectivity index (χ1) is 20.3. The number of carboxylic acid groups (broad SMARTS) is 1. The van der Waals surface area contributed by atoms with Crippen molar-refractivity contribution in [2.24, 2.45) is 0 Å². The van der Waals surface area contributed by atoms with Crippen molar-refractivity contribution in [3.05, 3.63) is 66.2 Å². The molecule has 0 bridgehead atoms. The van der Waals surface area contributed by atoms with Crippen LogP contribution in [0.4, 0.5) is 4.79 Å². The second kappa shape index (κ2) is 18.6. The van der Waals surface area contributed by atoms with Crippen molar-refractivity contribution in [1.29, 1.82) is 0 Å². The van der Waals surface area contributed by atoms with Gasteiger partial charge in [-0.15, -0.1) is 0 Å². The molecule has 232 valence electrons. The highest BCUT2D eigenvalue weighted by Crippen LogP contribution is 2.22. The number of amides is 1. The molecule has 0 aliphatic heterocycles. The number of rotatable bonds is 13. The van der Waals surface area contributed by atoms with E-state index in [0.717, 1.165) is 17.6 Å². The predicted octanol–water partition coefficient (Wildman–Crippen LogP) is 5.76. The second-order valence-corrected chi connectivity index (χ2v) is 12.9. The van der Waals surface area contributed by atoms with Gasteiger partial charge in [-0.25, -0.2) is 13.2 Å². The Kier molecular flexibility index (Phi) is 14.8. The van der Waals surface area contributed by atoms with Crippen LogP contribution in [-0.2, 0) is 26.2 Å². The van der Waals surface area contributed by atoms with E-state index in [1.54, 1.807) is 18.2 Å². The first-order valence-corrected chi connectivity index (χ1v) is 16.8. The third-order valence-electron chi connectivity index (χ3n) is 7.73. The number of benzene rings is 2. The van der Waals surface area contributed by atoms with Crippen LogP contribution in [0.1, 0.15) is 89.0 Å². The minimum Gasteiger partial charge on any atom is -0.480 e. The molecule has 1 amide bonds. The van der Waals surface area contributed by atoms with Crippen molar-refractivity contribution in [2.45, 2.75) is 113 Å². The Morgan fingerprint density at radius 1 is 0.810 bits per heavy atom. The van der Waals surface area contributed by atoms with E-state index in [2.05, 4.69) is 15.4 Å². The van der Waals surface area contributed by atoms with Gasteiger partial charge in [0, 0.05) is 18.6 Å². The number of aliphatic carboxylic acids is 1. The number of carboxylic acids is 1. The standard InChI is InChI=1S/C20H24N2O6S.C12H23N/c23-19(24)18(22-29(26,27)17-11-5-2-6-12-17)13-7-8-14-21-20(25)28-15-16-9-3-1-4-10-16;1-3-7-11(8-4-1)13-12-9-5-2-6-10-12/h1-6,9-12,18,22H,7-8,13-15H2,(H,21,25)(H,23,24);11-13H,1-10H2/t18-;/m0./s1. The van der Waals surface area contributed by atoms with E-state index >= 15 is 0 Å². The molecule has 0 unspecified atom stereocenters. The summed E-state index contributed by atoms with van der Waals surface area (Å²) in [4.78, 5) is 23.0. The van der Waals surface area contributed by atoms with Crippen molar-refractivity contribution in [3.8, 4) is 0 Å². The van der Waals surface area contributed by atoms with Gasteiger partial charge in [0.1, 0.15) is 12.6 Å². The van der Waals surface area contributed by atoms with E-state index in [1.807, 2.05) is 30.3 Å². The Hall–Kier alpha value is -2.95. The van der Waals surface area contributed by atoms with Gasteiger partial charge in [-0.1, -0.05) is 87.1 Å². The van der Waals surface area contributed by atoms with Crippen LogP contribution < -0.4 is 15.4 Å². The lowest BCUT2D eigenvalue weighted by Gasteiger charge is -2.30. The van der Waals surface area contributed by atoms with Crippen LogP contribution in [0.15, 0.2) is 65.6 Å². The minimum atomic E-state index is -3.91. The quantitative estimate of drug-likeness (QED) is 0.215. The van der Waals surface area contributed by atoms with Crippen molar-refractivity contribution in [3.63, 3.8) is 0 Å². The van der Waals surface area contributed by atoms with Crippen molar-refractivity contribution in [2.75, 3.05) is 6.54 Å². The van der Waals surface area contributed by atoms with E-state index in [1.165, 1.54) is 76.3 Å². The van der Waals surface area contributed by atoms with Crippen molar-refractivity contribution >= 4 is 22.1 Å². The number of unbranched alkanes of at least 4 members (excludes halogenated alkanes) is 1. The number of carbonyl (C=O) groups excluding carboxylic acids is 1. The first-order valence-electron chi connectivity index (χ1n) is 15.3. The molecule has 2 saturated carbocycles. The SMILES string of the molecule is C1CCC(NC2CCCCC2)CC1.O=C(NCCCC[C@H](NS(=O)(=O)c1ccccc1)C(=O)O)OCc1ccccc1. The highest BCUT2D eigenvalue weighted by molar-refractivity contribution is 7.89. The molecule has 42 heavy (non-hydrogen) atoms. The van der Waals surface area contributed by atoms with E-state index in [9.17, 15) is 23.1 Å². The number of hydrogen-bond acceptors (Lipinski definition) is 6. The maximum absolute atomic E-state index is 12.3. The lowest BCUT2D eigenvalue weighted by atomic mass is 9.91. The molecular formula is C32H47N3O6S. The van der Waals surface area contributed by atoms with Gasteiger partial charge in [-0.3, -0.25) is 4.79 Å². The Balaban J connectivity index is 0.000000307. The molecule has 4 rings (SSSR count). The van der Waals surface area contributed by atoms with Gasteiger partial charge < -0.3 is 20.5 Å². The molecule has 1 atom stereocenters. The first kappa shape index (κ1) is 33.6. The molecule has 0 aromatic heterocycles. The Labute approximate surface area is 250 Å². The highest BCUT2D eigenvalue weighted by Gasteiger charge is 2.25. The summed E-state index contributed by atoms with van der Waals surface area (Å²) in [6, 6.07) is 17.3. The largest absolute Gasteiger partial charge is 0.480 e. The minimum absolute atomic E-state index is 0.00841. The number of carbonyl (C=O) groups is 2. The van der Waals surface area contributed by atoms with Gasteiger partial charge in [0.2, 0.25) is 10.0 Å². The fourth-order valence-electron chi connectivity index (χ4n) is 5.40. The number of nitrogens with one attached hydrogen (secondary N) is 3. The molecule has 4 N–H and O–H groups in total. The monoisotopic (exact) mass is 601 g/mol. The van der Waals surface area contributed by atoms with Crippen LogP contribution in [0.5, 0.6) is 0 Å². The molecule has 0 heterocycles. The topological polar surface area (TPSA) is 134 Å². The zero-order valence-corrected chi connectivity index (χ0v) is 25.3. The van der Waals surface area contributed by atoms with Gasteiger partial charge in [0.15, 0.2) is 0 Å². The average Bonchev–Trinajstić information content (AvgIpc) is 3.01. The Bertz CT molecular complexity index is 1140. The normalized spacial score (nSPS) is 17.0. The lowest BCUT2D eigenvalue weighted by Crippen LogP contribution is -2.40. The van der Waals surface area contributed by atoms with Crippen LogP contribution >= 0.6 is 0 Å². The summed E-state index contributed by atoms with van der Waals surface area (Å²) >= 11 is 0. The molecule has 2 aliphatic rings. The zero-order chi connectivity index (χ0) is 30.0. The van der Waals surface area contributed by atoms with Crippen molar-refractivity contribution < 1.29 is 27.9 Å². The lowest BCUT2D eigenvalue weighted by molar-refractivity contribution is -0.139. The van der Waals surface area contributed by atoms with Crippen LogP contribution in [0.2, 0.25) is 0 Å². The molecule has 0 saturated heterocycles. The van der Waals surface area contributed by atoms with Gasteiger partial charge in [0.25, 0.3) is 0 Å². The van der Waals surface area contributed by atoms with E-state index in [-0.39, 0.29) is 17.9 Å². The maximum atomic E-state index is 12.3. The summed E-state index contributed by atoms with van der Waals surface area (Å²) in [6.45, 7) is 0.459. The van der Waals surface area contributed by atoms with Crippen LogP contribution in [-0.4, -0.2) is 50.3 Å². The van der Waals surface area contributed by atoms with Crippen LogP contribution in [0, 0.1) is 0 Å². The van der Waals surface area contributed by atoms with Crippen LogP contribution in [0.25, 0.3) is 0 Å². The maximum Gasteiger partial charge on any atom is 0.407 e. The van der Waals surface area contributed by atoms with Gasteiger partial charge in [-0.2, -0.15) is 4.72 Å². The fourth-order valence-corrected chi connectivity index (χ4v) is 6.64. The molecule has 2 aliphatic carbocycles. The number of sulfonamides is 1. The predicted molar refractivity (Wildman–Crippen MR) is 164 cm³/mol. The van der Waals surface area contributed by atoms with E-state index in [0.29, 0.717) is 19.4 Å². The second-order valence-electron chi connectivity index (χ2n) is 11.1. The number of alkyl carbamates (subject to hydrolysis) is 1. The smallest absolute Gasteiger partial charge is 0.407 e. The summed E-state index contributed by atoms with van der Waals surface area (Å²) in [5.74, 6) is -1.25. The summed E-state index contributed by atoms with van der Waals surface area (Å²) in [7, 11) is -3.91. The van der Waals surface area contributed by atoms with Gasteiger partial charge >= 0.3 is 12.1 Å². The van der Waals surface area contributed by atoms with E-state index < -0.39 is 28.1 Å². The zero-order valence-electron chi connectivity index (χ0n) is 24.5. The molecule has 2 aromatic rings. The molecule has 0 spiro atoms. The molecule has 9 nitrogen and oxygen atoms in total. The molecule has 0 radical (unpaired) electrons. The van der Waals surface area contributed by atoms with Crippen molar-refractivity contribution in [1.82, 2.24) is 15.4 Å². The highest BCUT2D eigenvalue weighted by atomic mass is 32.2. The fraction of sp³-hybridized carbons (Fsp3) is 0.562. The summed E-state index contributed by atoms with van der Waals surface area (Å²) in [6.07, 6.45) is 15.0. The summed E-state index contributed by atoms with van der Waals surface area (Å²) in [5, 5.41) is 15.7. The average molecular weight is 602 g/mol. The Morgan fingerprint density at radius 3 is 1.90 bits per heavy atom. The number of hydrogen-bond donors (Lipinski definition) is 4. The summed E-state index contributed by atoms with van der Waals surface area (Å²) in [5.41, 5.74) is 0.873. The molecule has 2 aromatic carbocycles. The third kappa shape index (κ3) is 12.9. The molecular weight excluding hydrogens is 554 g/mol.